The molecule has 0 saturated heterocycles. The van der Waals surface area contributed by atoms with Gasteiger partial charge in [0.05, 0.1) is 16.4 Å². The summed E-state index contributed by atoms with van der Waals surface area (Å²) < 4.78 is 2.84. The molecule has 3 nitrogen and oxygen atoms in total. The van der Waals surface area contributed by atoms with Crippen LogP contribution in [0.3, 0.4) is 0 Å². The number of nitrogens with zero attached hydrogens (tertiary/aromatic N) is 2. The van der Waals surface area contributed by atoms with E-state index in [9.17, 15) is 5.11 Å². The molecule has 1 aromatic rings. The Morgan fingerprint density at radius 1 is 1.35 bits per heavy atom. The predicted octanol–water partition coefficient (Wildman–Crippen LogP) is 3.45. The first-order valence-electron chi connectivity index (χ1n) is 6.32. The van der Waals surface area contributed by atoms with Crippen LogP contribution in [0, 0.1) is 5.41 Å². The molecule has 1 fully saturated rings. The lowest BCUT2D eigenvalue weighted by atomic mass is 9.70. The SMILES string of the molecule is CCn1ncc(Br)c1C1(O)CCC(C)(C)CC1. The van der Waals surface area contributed by atoms with E-state index in [1.807, 2.05) is 4.68 Å². The smallest absolute Gasteiger partial charge is 0.107 e. The Labute approximate surface area is 111 Å². The lowest BCUT2D eigenvalue weighted by Crippen LogP contribution is -2.36. The lowest BCUT2D eigenvalue weighted by Gasteiger charge is -2.40. The maximum Gasteiger partial charge on any atom is 0.107 e. The Bertz CT molecular complexity index is 402. The highest BCUT2D eigenvalue weighted by Gasteiger charge is 2.41. The van der Waals surface area contributed by atoms with Gasteiger partial charge >= 0.3 is 0 Å². The van der Waals surface area contributed by atoms with Crippen molar-refractivity contribution in [3.63, 3.8) is 0 Å². The van der Waals surface area contributed by atoms with Crippen molar-refractivity contribution in [1.82, 2.24) is 9.78 Å². The number of hydrogen-bond acceptors (Lipinski definition) is 2. The van der Waals surface area contributed by atoms with Gasteiger partial charge in [-0.3, -0.25) is 4.68 Å². The van der Waals surface area contributed by atoms with Crippen LogP contribution in [-0.4, -0.2) is 14.9 Å². The average molecular weight is 301 g/mol. The van der Waals surface area contributed by atoms with Gasteiger partial charge in [0.15, 0.2) is 0 Å². The molecule has 0 amide bonds. The second-order valence-electron chi connectivity index (χ2n) is 5.85. The van der Waals surface area contributed by atoms with E-state index in [0.717, 1.165) is 42.4 Å². The van der Waals surface area contributed by atoms with Crippen LogP contribution in [0.4, 0.5) is 0 Å². The molecular formula is C13H21BrN2O. The van der Waals surface area contributed by atoms with Crippen LogP contribution < -0.4 is 0 Å². The molecule has 17 heavy (non-hydrogen) atoms. The van der Waals surface area contributed by atoms with Gasteiger partial charge in [0.2, 0.25) is 0 Å². The zero-order valence-corrected chi connectivity index (χ0v) is 12.4. The number of aromatic nitrogens is 2. The van der Waals surface area contributed by atoms with Gasteiger partial charge in [-0.2, -0.15) is 5.10 Å². The molecule has 0 aromatic carbocycles. The molecule has 1 aliphatic rings. The summed E-state index contributed by atoms with van der Waals surface area (Å²) in [5.74, 6) is 0. The van der Waals surface area contributed by atoms with Gasteiger partial charge in [-0.15, -0.1) is 0 Å². The Balaban J connectivity index is 2.30. The van der Waals surface area contributed by atoms with Crippen molar-refractivity contribution < 1.29 is 5.11 Å². The van der Waals surface area contributed by atoms with Gasteiger partial charge in [0.1, 0.15) is 5.60 Å². The van der Waals surface area contributed by atoms with Crippen LogP contribution >= 0.6 is 15.9 Å². The van der Waals surface area contributed by atoms with Gasteiger partial charge in [0.25, 0.3) is 0 Å². The van der Waals surface area contributed by atoms with Gasteiger partial charge < -0.3 is 5.11 Å². The summed E-state index contributed by atoms with van der Waals surface area (Å²) in [5, 5.41) is 15.2. The zero-order chi connectivity index (χ0) is 12.7. The van der Waals surface area contributed by atoms with Gasteiger partial charge in [-0.25, -0.2) is 0 Å². The average Bonchev–Trinajstić information content (AvgIpc) is 2.65. The molecule has 0 aliphatic heterocycles. The molecule has 1 heterocycles. The summed E-state index contributed by atoms with van der Waals surface area (Å²) in [6.45, 7) is 7.41. The van der Waals surface area contributed by atoms with Crippen molar-refractivity contribution in [2.45, 2.75) is 58.6 Å². The summed E-state index contributed by atoms with van der Waals surface area (Å²) in [4.78, 5) is 0. The highest BCUT2D eigenvalue weighted by atomic mass is 79.9. The Hall–Kier alpha value is -0.350. The van der Waals surface area contributed by atoms with Crippen LogP contribution in [0.15, 0.2) is 10.7 Å². The summed E-state index contributed by atoms with van der Waals surface area (Å²) in [6.07, 6.45) is 5.56. The molecule has 96 valence electrons. The van der Waals surface area contributed by atoms with Crippen LogP contribution in [0.2, 0.25) is 0 Å². The molecule has 0 radical (unpaired) electrons. The minimum absolute atomic E-state index is 0.357. The monoisotopic (exact) mass is 300 g/mol. The Kier molecular flexibility index (Phi) is 3.38. The van der Waals surface area contributed by atoms with E-state index in [-0.39, 0.29) is 0 Å². The molecule has 2 rings (SSSR count). The maximum absolute atomic E-state index is 10.9. The first kappa shape index (κ1) is 13.1. The van der Waals surface area contributed by atoms with Crippen molar-refractivity contribution in [1.29, 1.82) is 0 Å². The first-order chi connectivity index (χ1) is 7.88. The fourth-order valence-corrected chi connectivity index (χ4v) is 3.31. The first-order valence-corrected chi connectivity index (χ1v) is 7.11. The predicted molar refractivity (Wildman–Crippen MR) is 71.7 cm³/mol. The van der Waals surface area contributed by atoms with Crippen LogP contribution in [-0.2, 0) is 12.1 Å². The van der Waals surface area contributed by atoms with Gasteiger partial charge in [0, 0.05) is 6.54 Å². The molecule has 1 saturated carbocycles. The molecule has 1 aliphatic carbocycles. The van der Waals surface area contributed by atoms with Crippen molar-refractivity contribution in [3.05, 3.63) is 16.4 Å². The summed E-state index contributed by atoms with van der Waals surface area (Å²) in [5.41, 5.74) is 0.604. The highest BCUT2D eigenvalue weighted by molar-refractivity contribution is 9.10. The Morgan fingerprint density at radius 2 is 1.94 bits per heavy atom. The molecule has 0 unspecified atom stereocenters. The quantitative estimate of drug-likeness (QED) is 0.908. The minimum atomic E-state index is -0.707. The van der Waals surface area contributed by atoms with E-state index in [4.69, 9.17) is 0 Å². The normalized spacial score (nSPS) is 22.6. The topological polar surface area (TPSA) is 38.0 Å². The second-order valence-corrected chi connectivity index (χ2v) is 6.71. The zero-order valence-electron chi connectivity index (χ0n) is 10.8. The largest absolute Gasteiger partial charge is 0.384 e. The van der Waals surface area contributed by atoms with Crippen LogP contribution in [0.1, 0.15) is 52.1 Å². The lowest BCUT2D eigenvalue weighted by molar-refractivity contribution is -0.0378. The molecule has 4 heteroatoms. The third-order valence-corrected chi connectivity index (χ3v) is 4.55. The summed E-state index contributed by atoms with van der Waals surface area (Å²) >= 11 is 3.51. The van der Waals surface area contributed by atoms with Crippen LogP contribution in [0.5, 0.6) is 0 Å². The maximum atomic E-state index is 10.9. The van der Waals surface area contributed by atoms with E-state index < -0.39 is 5.60 Å². The summed E-state index contributed by atoms with van der Waals surface area (Å²) in [7, 11) is 0. The van der Waals surface area contributed by atoms with Crippen molar-refractivity contribution in [2.24, 2.45) is 5.41 Å². The fraction of sp³-hybridized carbons (Fsp3) is 0.769. The Morgan fingerprint density at radius 3 is 2.47 bits per heavy atom. The minimum Gasteiger partial charge on any atom is -0.384 e. The molecule has 0 spiro atoms. The van der Waals surface area contributed by atoms with Crippen molar-refractivity contribution in [3.8, 4) is 0 Å². The molecular weight excluding hydrogens is 280 g/mol. The molecule has 0 bridgehead atoms. The standard InChI is InChI=1S/C13H21BrN2O/c1-4-16-11(10(14)9-15-16)13(17)7-5-12(2,3)6-8-13/h9,17H,4-8H2,1-3H3. The summed E-state index contributed by atoms with van der Waals surface area (Å²) in [6, 6.07) is 0. The molecule has 1 aromatic heterocycles. The van der Waals surface area contributed by atoms with E-state index in [1.165, 1.54) is 0 Å². The number of halogens is 1. The number of aryl methyl sites for hydroxylation is 1. The number of hydrogen-bond donors (Lipinski definition) is 1. The van der Waals surface area contributed by atoms with Crippen molar-refractivity contribution >= 4 is 15.9 Å². The van der Waals surface area contributed by atoms with E-state index in [1.54, 1.807) is 6.20 Å². The third-order valence-electron chi connectivity index (χ3n) is 3.97. The fourth-order valence-electron chi connectivity index (χ4n) is 2.64. The van der Waals surface area contributed by atoms with Gasteiger partial charge in [-0.1, -0.05) is 13.8 Å². The number of rotatable bonds is 2. The van der Waals surface area contributed by atoms with Gasteiger partial charge in [-0.05, 0) is 54.0 Å². The van der Waals surface area contributed by atoms with E-state index in [0.29, 0.717) is 5.41 Å². The molecule has 0 atom stereocenters. The van der Waals surface area contributed by atoms with E-state index >= 15 is 0 Å². The number of aliphatic hydroxyl groups is 1. The molecule has 1 N–H and O–H groups in total. The van der Waals surface area contributed by atoms with E-state index in [2.05, 4.69) is 41.8 Å². The second kappa shape index (κ2) is 4.39. The third kappa shape index (κ3) is 2.43. The highest BCUT2D eigenvalue weighted by Crippen LogP contribution is 2.46. The van der Waals surface area contributed by atoms with Crippen molar-refractivity contribution in [2.75, 3.05) is 0 Å². The van der Waals surface area contributed by atoms with Crippen LogP contribution in [0.25, 0.3) is 0 Å².